The SMILES string of the molecule is S=CC1CN=NN1. The number of hydrogen-bond acceptors (Lipinski definition) is 4. The summed E-state index contributed by atoms with van der Waals surface area (Å²) in [6.45, 7) is 0.698. The van der Waals surface area contributed by atoms with Crippen molar-refractivity contribution in [1.29, 1.82) is 0 Å². The molecular formula is C3H5N3S. The van der Waals surface area contributed by atoms with E-state index in [0.29, 0.717) is 6.54 Å². The van der Waals surface area contributed by atoms with Gasteiger partial charge in [-0.15, -0.1) is 0 Å². The van der Waals surface area contributed by atoms with E-state index in [1.54, 1.807) is 5.37 Å². The standard InChI is InChI=1S/C3H5N3S/c7-2-3-1-4-6-5-3/h2-3H,1H2,(H,4,5). The average molecular weight is 115 g/mol. The lowest BCUT2D eigenvalue weighted by atomic mass is 10.4. The molecule has 0 fully saturated rings. The summed E-state index contributed by atoms with van der Waals surface area (Å²) >= 11 is 4.60. The van der Waals surface area contributed by atoms with Crippen LogP contribution in [0.5, 0.6) is 0 Å². The zero-order chi connectivity index (χ0) is 5.11. The van der Waals surface area contributed by atoms with Gasteiger partial charge in [-0.05, 0) is 0 Å². The van der Waals surface area contributed by atoms with Crippen molar-refractivity contribution in [2.45, 2.75) is 6.04 Å². The van der Waals surface area contributed by atoms with Crippen LogP contribution in [0, 0.1) is 0 Å². The van der Waals surface area contributed by atoms with E-state index in [1.165, 1.54) is 0 Å². The van der Waals surface area contributed by atoms with Crippen molar-refractivity contribution in [3.63, 3.8) is 0 Å². The van der Waals surface area contributed by atoms with Gasteiger partial charge in [0.25, 0.3) is 0 Å². The predicted molar refractivity (Wildman–Crippen MR) is 30.3 cm³/mol. The molecule has 38 valence electrons. The average Bonchev–Trinajstić information content (AvgIpc) is 2.14. The van der Waals surface area contributed by atoms with E-state index in [4.69, 9.17) is 0 Å². The molecule has 0 aromatic carbocycles. The summed E-state index contributed by atoms with van der Waals surface area (Å²) in [5, 5.41) is 8.79. The lowest BCUT2D eigenvalue weighted by Gasteiger charge is -1.93. The van der Waals surface area contributed by atoms with Gasteiger partial charge in [0.2, 0.25) is 0 Å². The van der Waals surface area contributed by atoms with Gasteiger partial charge in [-0.2, -0.15) is 5.11 Å². The fourth-order valence-electron chi connectivity index (χ4n) is 0.358. The molecule has 0 aromatic heterocycles. The molecule has 4 heteroatoms. The maximum Gasteiger partial charge on any atom is 0.0952 e. The Hall–Kier alpha value is -0.510. The first-order valence-corrected chi connectivity index (χ1v) is 2.48. The zero-order valence-electron chi connectivity index (χ0n) is 3.66. The topological polar surface area (TPSA) is 36.8 Å². The van der Waals surface area contributed by atoms with Gasteiger partial charge in [0, 0.05) is 5.37 Å². The van der Waals surface area contributed by atoms with Crippen LogP contribution < -0.4 is 5.43 Å². The van der Waals surface area contributed by atoms with Crippen molar-refractivity contribution in [3.8, 4) is 0 Å². The molecule has 0 aromatic rings. The van der Waals surface area contributed by atoms with Crippen molar-refractivity contribution in [1.82, 2.24) is 5.43 Å². The van der Waals surface area contributed by atoms with E-state index >= 15 is 0 Å². The maximum absolute atomic E-state index is 4.60. The third-order valence-corrected chi connectivity index (χ3v) is 1.07. The monoisotopic (exact) mass is 115 g/mol. The summed E-state index contributed by atoms with van der Waals surface area (Å²) in [4.78, 5) is 0. The Morgan fingerprint density at radius 1 is 1.86 bits per heavy atom. The molecule has 0 bridgehead atoms. The molecule has 1 N–H and O–H groups in total. The lowest BCUT2D eigenvalue weighted by molar-refractivity contribution is 0.761. The smallest absolute Gasteiger partial charge is 0.0952 e. The molecule has 0 aliphatic carbocycles. The minimum atomic E-state index is 0.204. The fourth-order valence-corrected chi connectivity index (χ4v) is 0.505. The third-order valence-electron chi connectivity index (χ3n) is 0.737. The summed E-state index contributed by atoms with van der Waals surface area (Å²) in [5.41, 5.74) is 2.70. The van der Waals surface area contributed by atoms with Gasteiger partial charge in [0.15, 0.2) is 0 Å². The second-order valence-corrected chi connectivity index (χ2v) is 1.57. The van der Waals surface area contributed by atoms with Crippen molar-refractivity contribution in [3.05, 3.63) is 0 Å². The van der Waals surface area contributed by atoms with Crippen LogP contribution in [0.4, 0.5) is 0 Å². The van der Waals surface area contributed by atoms with Gasteiger partial charge < -0.3 is 0 Å². The largest absolute Gasteiger partial charge is 0.282 e. The molecule has 0 spiro atoms. The number of nitrogens with zero attached hydrogens (tertiary/aromatic N) is 2. The molecule has 1 aliphatic heterocycles. The van der Waals surface area contributed by atoms with Gasteiger partial charge in [0.05, 0.1) is 12.6 Å². The minimum absolute atomic E-state index is 0.204. The number of hydrogen-bond donors (Lipinski definition) is 1. The van der Waals surface area contributed by atoms with E-state index in [2.05, 4.69) is 28.0 Å². The highest BCUT2D eigenvalue weighted by atomic mass is 32.1. The summed E-state index contributed by atoms with van der Waals surface area (Å²) in [6.07, 6.45) is 0. The predicted octanol–water partition coefficient (Wildman–Crippen LogP) is 0.325. The Labute approximate surface area is 46.8 Å². The summed E-state index contributed by atoms with van der Waals surface area (Å²) in [5.74, 6) is 0. The van der Waals surface area contributed by atoms with E-state index in [0.717, 1.165) is 0 Å². The van der Waals surface area contributed by atoms with Crippen LogP contribution in [0.25, 0.3) is 0 Å². The second-order valence-electron chi connectivity index (χ2n) is 1.30. The normalized spacial score (nSPS) is 27.1. The highest BCUT2D eigenvalue weighted by molar-refractivity contribution is 7.79. The van der Waals surface area contributed by atoms with Crippen molar-refractivity contribution < 1.29 is 0 Å². The van der Waals surface area contributed by atoms with E-state index in [1.807, 2.05) is 0 Å². The highest BCUT2D eigenvalue weighted by Gasteiger charge is 2.05. The van der Waals surface area contributed by atoms with Gasteiger partial charge in [-0.25, -0.2) is 0 Å². The van der Waals surface area contributed by atoms with Crippen LogP contribution >= 0.6 is 12.2 Å². The van der Waals surface area contributed by atoms with Crippen LogP contribution in [-0.4, -0.2) is 18.0 Å². The molecule has 1 unspecified atom stereocenters. The minimum Gasteiger partial charge on any atom is -0.282 e. The third kappa shape index (κ3) is 0.928. The molecule has 1 rings (SSSR count). The molecule has 1 aliphatic rings. The van der Waals surface area contributed by atoms with Gasteiger partial charge in [0.1, 0.15) is 0 Å². The highest BCUT2D eigenvalue weighted by Crippen LogP contribution is 1.89. The molecule has 0 saturated heterocycles. The Morgan fingerprint density at radius 2 is 2.71 bits per heavy atom. The van der Waals surface area contributed by atoms with Crippen LogP contribution in [0.3, 0.4) is 0 Å². The quantitative estimate of drug-likeness (QED) is 0.500. The van der Waals surface area contributed by atoms with Crippen molar-refractivity contribution >= 4 is 17.6 Å². The lowest BCUT2D eigenvalue weighted by Crippen LogP contribution is -2.22. The van der Waals surface area contributed by atoms with E-state index < -0.39 is 0 Å². The number of nitrogens with one attached hydrogen (secondary N) is 1. The summed E-state index contributed by atoms with van der Waals surface area (Å²) in [6, 6.07) is 0.204. The Balaban J connectivity index is 2.35. The molecular weight excluding hydrogens is 110 g/mol. The van der Waals surface area contributed by atoms with E-state index in [-0.39, 0.29) is 6.04 Å². The molecule has 7 heavy (non-hydrogen) atoms. The molecule has 3 nitrogen and oxygen atoms in total. The number of rotatable bonds is 1. The zero-order valence-corrected chi connectivity index (χ0v) is 4.48. The number of thiocarbonyl (C=S) groups is 1. The van der Waals surface area contributed by atoms with Crippen LogP contribution in [-0.2, 0) is 0 Å². The van der Waals surface area contributed by atoms with Crippen LogP contribution in [0.15, 0.2) is 10.3 Å². The molecule has 1 atom stereocenters. The Bertz CT molecular complexity index is 92.4. The van der Waals surface area contributed by atoms with Crippen molar-refractivity contribution in [2.24, 2.45) is 10.3 Å². The maximum atomic E-state index is 4.60. The fraction of sp³-hybridized carbons (Fsp3) is 0.667. The summed E-state index contributed by atoms with van der Waals surface area (Å²) in [7, 11) is 0. The van der Waals surface area contributed by atoms with Gasteiger partial charge >= 0.3 is 0 Å². The van der Waals surface area contributed by atoms with Gasteiger partial charge in [-0.1, -0.05) is 17.4 Å². The van der Waals surface area contributed by atoms with Gasteiger partial charge in [-0.3, -0.25) is 5.43 Å². The van der Waals surface area contributed by atoms with Crippen LogP contribution in [0.2, 0.25) is 0 Å². The first-order chi connectivity index (χ1) is 3.43. The second kappa shape index (κ2) is 1.97. The molecule has 0 saturated carbocycles. The van der Waals surface area contributed by atoms with E-state index in [9.17, 15) is 0 Å². The summed E-state index contributed by atoms with van der Waals surface area (Å²) < 4.78 is 0. The first-order valence-electron chi connectivity index (χ1n) is 2.01. The first kappa shape index (κ1) is 4.64. The molecule has 0 amide bonds. The molecule has 0 radical (unpaired) electrons. The van der Waals surface area contributed by atoms with Crippen LogP contribution in [0.1, 0.15) is 0 Å². The Morgan fingerprint density at radius 3 is 3.00 bits per heavy atom. The van der Waals surface area contributed by atoms with Crippen molar-refractivity contribution in [2.75, 3.05) is 6.54 Å². The molecule has 1 heterocycles. The Kier molecular flexibility index (Phi) is 1.31.